The lowest BCUT2D eigenvalue weighted by Gasteiger charge is -2.22. The van der Waals surface area contributed by atoms with Crippen molar-refractivity contribution >= 4 is 0 Å². The highest BCUT2D eigenvalue weighted by Crippen LogP contribution is 2.17. The predicted octanol–water partition coefficient (Wildman–Crippen LogP) is -0.0253. The standard InChI is InChI=1S/C11H22N2O2/c1-8(9-2-3-14-5-9)13-4-10-6-15-7-11(10)12/h8-11,13H,2-7,12H2,1H3. The largest absolute Gasteiger partial charge is 0.381 e. The lowest BCUT2D eigenvalue weighted by atomic mass is 9.99. The molecule has 0 aromatic rings. The average Bonchev–Trinajstić information content (AvgIpc) is 2.85. The molecule has 4 unspecified atom stereocenters. The van der Waals surface area contributed by atoms with Crippen molar-refractivity contribution in [2.45, 2.75) is 25.4 Å². The summed E-state index contributed by atoms with van der Waals surface area (Å²) in [4.78, 5) is 0. The van der Waals surface area contributed by atoms with Crippen molar-refractivity contribution in [2.24, 2.45) is 17.6 Å². The van der Waals surface area contributed by atoms with E-state index in [0.29, 0.717) is 24.5 Å². The van der Waals surface area contributed by atoms with Crippen LogP contribution in [0.4, 0.5) is 0 Å². The van der Waals surface area contributed by atoms with Crippen molar-refractivity contribution in [3.63, 3.8) is 0 Å². The average molecular weight is 214 g/mol. The van der Waals surface area contributed by atoms with Gasteiger partial charge in [-0.15, -0.1) is 0 Å². The fraction of sp³-hybridized carbons (Fsp3) is 1.00. The summed E-state index contributed by atoms with van der Waals surface area (Å²) in [7, 11) is 0. The van der Waals surface area contributed by atoms with Crippen molar-refractivity contribution in [3.05, 3.63) is 0 Å². The smallest absolute Gasteiger partial charge is 0.0621 e. The Bertz CT molecular complexity index is 195. The van der Waals surface area contributed by atoms with Crippen molar-refractivity contribution in [1.29, 1.82) is 0 Å². The minimum Gasteiger partial charge on any atom is -0.381 e. The summed E-state index contributed by atoms with van der Waals surface area (Å²) >= 11 is 0. The second-order valence-corrected chi connectivity index (χ2v) is 4.78. The van der Waals surface area contributed by atoms with Crippen LogP contribution in [0, 0.1) is 11.8 Å². The first-order valence-electron chi connectivity index (χ1n) is 5.92. The highest BCUT2D eigenvalue weighted by atomic mass is 16.5. The first kappa shape index (κ1) is 11.3. The number of hydrogen-bond acceptors (Lipinski definition) is 4. The van der Waals surface area contributed by atoms with Crippen molar-refractivity contribution < 1.29 is 9.47 Å². The molecule has 2 heterocycles. The van der Waals surface area contributed by atoms with E-state index >= 15 is 0 Å². The zero-order valence-corrected chi connectivity index (χ0v) is 9.45. The summed E-state index contributed by atoms with van der Waals surface area (Å²) in [6.07, 6.45) is 1.18. The third-order valence-corrected chi connectivity index (χ3v) is 3.62. The predicted molar refractivity (Wildman–Crippen MR) is 58.7 cm³/mol. The molecule has 0 aliphatic carbocycles. The molecule has 4 nitrogen and oxygen atoms in total. The van der Waals surface area contributed by atoms with Crippen LogP contribution in [0.2, 0.25) is 0 Å². The second kappa shape index (κ2) is 5.25. The van der Waals surface area contributed by atoms with Crippen LogP contribution in [0.5, 0.6) is 0 Å². The molecule has 0 aromatic carbocycles. The third kappa shape index (κ3) is 2.91. The summed E-state index contributed by atoms with van der Waals surface area (Å²) in [6.45, 7) is 6.55. The monoisotopic (exact) mass is 214 g/mol. The Morgan fingerprint density at radius 2 is 2.20 bits per heavy atom. The van der Waals surface area contributed by atoms with Crippen molar-refractivity contribution in [2.75, 3.05) is 33.0 Å². The number of nitrogens with two attached hydrogens (primary N) is 1. The number of hydrogen-bond donors (Lipinski definition) is 2. The van der Waals surface area contributed by atoms with Gasteiger partial charge in [0.15, 0.2) is 0 Å². The summed E-state index contributed by atoms with van der Waals surface area (Å²) < 4.78 is 10.7. The number of rotatable bonds is 4. The van der Waals surface area contributed by atoms with Crippen LogP contribution in [-0.4, -0.2) is 45.1 Å². The van der Waals surface area contributed by atoms with E-state index in [4.69, 9.17) is 15.2 Å². The summed E-state index contributed by atoms with van der Waals surface area (Å²) in [5.41, 5.74) is 5.93. The quantitative estimate of drug-likeness (QED) is 0.690. The molecule has 4 heteroatoms. The number of nitrogens with one attached hydrogen (secondary N) is 1. The fourth-order valence-electron chi connectivity index (χ4n) is 2.28. The molecule has 4 atom stereocenters. The zero-order chi connectivity index (χ0) is 10.7. The van der Waals surface area contributed by atoms with E-state index in [1.165, 1.54) is 6.42 Å². The summed E-state index contributed by atoms with van der Waals surface area (Å²) in [6, 6.07) is 0.741. The molecule has 0 radical (unpaired) electrons. The van der Waals surface area contributed by atoms with E-state index < -0.39 is 0 Å². The van der Waals surface area contributed by atoms with Crippen LogP contribution in [0.3, 0.4) is 0 Å². The molecule has 0 amide bonds. The maximum absolute atomic E-state index is 5.93. The molecule has 0 bridgehead atoms. The van der Waals surface area contributed by atoms with Gasteiger partial charge in [0.1, 0.15) is 0 Å². The maximum atomic E-state index is 5.93. The lowest BCUT2D eigenvalue weighted by Crippen LogP contribution is -2.41. The molecule has 0 saturated carbocycles. The molecular weight excluding hydrogens is 192 g/mol. The molecule has 0 aromatic heterocycles. The first-order chi connectivity index (χ1) is 7.27. The normalized spacial score (nSPS) is 38.4. The van der Waals surface area contributed by atoms with Gasteiger partial charge in [0.2, 0.25) is 0 Å². The van der Waals surface area contributed by atoms with Gasteiger partial charge in [0.25, 0.3) is 0 Å². The Morgan fingerprint density at radius 1 is 1.33 bits per heavy atom. The Morgan fingerprint density at radius 3 is 2.80 bits per heavy atom. The SMILES string of the molecule is CC(NCC1COCC1N)C1CCOC1. The lowest BCUT2D eigenvalue weighted by molar-refractivity contribution is 0.173. The van der Waals surface area contributed by atoms with E-state index in [1.807, 2.05) is 0 Å². The molecule has 3 N–H and O–H groups in total. The van der Waals surface area contributed by atoms with Gasteiger partial charge in [-0.2, -0.15) is 0 Å². The summed E-state index contributed by atoms with van der Waals surface area (Å²) in [5.74, 6) is 1.15. The van der Waals surface area contributed by atoms with E-state index in [9.17, 15) is 0 Å². The molecule has 2 aliphatic rings. The van der Waals surface area contributed by atoms with Gasteiger partial charge >= 0.3 is 0 Å². The van der Waals surface area contributed by atoms with Gasteiger partial charge in [0.05, 0.1) is 19.8 Å². The Kier molecular flexibility index (Phi) is 3.97. The van der Waals surface area contributed by atoms with Crippen LogP contribution < -0.4 is 11.1 Å². The highest BCUT2D eigenvalue weighted by molar-refractivity contribution is 4.82. The zero-order valence-electron chi connectivity index (χ0n) is 9.45. The molecule has 88 valence electrons. The molecule has 2 fully saturated rings. The second-order valence-electron chi connectivity index (χ2n) is 4.78. The van der Waals surface area contributed by atoms with Crippen molar-refractivity contribution in [1.82, 2.24) is 5.32 Å². The Balaban J connectivity index is 1.67. The van der Waals surface area contributed by atoms with Gasteiger partial charge in [-0.25, -0.2) is 0 Å². The fourth-order valence-corrected chi connectivity index (χ4v) is 2.28. The van der Waals surface area contributed by atoms with Crippen LogP contribution in [-0.2, 0) is 9.47 Å². The molecule has 2 rings (SSSR count). The van der Waals surface area contributed by atoms with E-state index in [0.717, 1.165) is 26.4 Å². The van der Waals surface area contributed by atoms with Gasteiger partial charge in [-0.05, 0) is 19.3 Å². The Labute approximate surface area is 91.5 Å². The van der Waals surface area contributed by atoms with Crippen LogP contribution in [0.1, 0.15) is 13.3 Å². The van der Waals surface area contributed by atoms with Crippen LogP contribution in [0.15, 0.2) is 0 Å². The van der Waals surface area contributed by atoms with Gasteiger partial charge < -0.3 is 20.5 Å². The number of ether oxygens (including phenoxy) is 2. The molecule has 2 aliphatic heterocycles. The Hall–Kier alpha value is -0.160. The van der Waals surface area contributed by atoms with Crippen molar-refractivity contribution in [3.8, 4) is 0 Å². The van der Waals surface area contributed by atoms with E-state index in [1.54, 1.807) is 0 Å². The molecule has 15 heavy (non-hydrogen) atoms. The highest BCUT2D eigenvalue weighted by Gasteiger charge is 2.27. The minimum absolute atomic E-state index is 0.213. The molecular formula is C11H22N2O2. The van der Waals surface area contributed by atoms with E-state index in [-0.39, 0.29) is 6.04 Å². The topological polar surface area (TPSA) is 56.5 Å². The first-order valence-corrected chi connectivity index (χ1v) is 5.92. The summed E-state index contributed by atoms with van der Waals surface area (Å²) in [5, 5.41) is 3.56. The third-order valence-electron chi connectivity index (χ3n) is 3.62. The minimum atomic E-state index is 0.213. The van der Waals surface area contributed by atoms with Gasteiger partial charge in [0, 0.05) is 31.2 Å². The van der Waals surface area contributed by atoms with Crippen LogP contribution in [0.25, 0.3) is 0 Å². The van der Waals surface area contributed by atoms with Crippen LogP contribution >= 0.6 is 0 Å². The van der Waals surface area contributed by atoms with Gasteiger partial charge in [-0.3, -0.25) is 0 Å². The molecule has 0 spiro atoms. The van der Waals surface area contributed by atoms with E-state index in [2.05, 4.69) is 12.2 Å². The molecule has 2 saturated heterocycles. The maximum Gasteiger partial charge on any atom is 0.0621 e. The van der Waals surface area contributed by atoms with Gasteiger partial charge in [-0.1, -0.05) is 0 Å².